The van der Waals surface area contributed by atoms with Crippen molar-refractivity contribution in [2.24, 2.45) is 5.92 Å². The zero-order chi connectivity index (χ0) is 12.4. The summed E-state index contributed by atoms with van der Waals surface area (Å²) in [5, 5.41) is 11.9. The maximum atomic E-state index is 11.0. The van der Waals surface area contributed by atoms with Gasteiger partial charge in [-0.25, -0.2) is 0 Å². The molecule has 0 bridgehead atoms. The summed E-state index contributed by atoms with van der Waals surface area (Å²) in [6.45, 7) is 5.11. The van der Waals surface area contributed by atoms with Gasteiger partial charge in [-0.2, -0.15) is 0 Å². The van der Waals surface area contributed by atoms with Crippen molar-refractivity contribution in [2.45, 2.75) is 26.8 Å². The first-order valence-electron chi connectivity index (χ1n) is 5.85. The molecule has 4 heteroatoms. The van der Waals surface area contributed by atoms with Crippen molar-refractivity contribution in [3.63, 3.8) is 0 Å². The van der Waals surface area contributed by atoms with Gasteiger partial charge in [0.15, 0.2) is 0 Å². The second-order valence-corrected chi connectivity index (χ2v) is 4.45. The first-order chi connectivity index (χ1) is 8.13. The van der Waals surface area contributed by atoms with Crippen LogP contribution in [0.25, 0.3) is 10.9 Å². The van der Waals surface area contributed by atoms with Crippen molar-refractivity contribution in [3.8, 4) is 0 Å². The molecule has 0 fully saturated rings. The van der Waals surface area contributed by atoms with Crippen LogP contribution in [0.15, 0.2) is 30.5 Å². The monoisotopic (exact) mass is 232 g/mol. The second kappa shape index (κ2) is 4.57. The van der Waals surface area contributed by atoms with E-state index in [4.69, 9.17) is 0 Å². The summed E-state index contributed by atoms with van der Waals surface area (Å²) in [6, 6.07) is 7.14. The average Bonchev–Trinajstić information content (AvgIpc) is 2.72. The van der Waals surface area contributed by atoms with E-state index in [2.05, 4.69) is 13.8 Å². The van der Waals surface area contributed by atoms with Crippen molar-refractivity contribution < 1.29 is 4.92 Å². The fraction of sp³-hybridized carbons (Fsp3) is 0.385. The molecule has 1 atom stereocenters. The summed E-state index contributed by atoms with van der Waals surface area (Å²) in [6.07, 6.45) is 3.00. The van der Waals surface area contributed by atoms with Gasteiger partial charge in [0.1, 0.15) is 5.52 Å². The number of aromatic nitrogens is 1. The predicted molar refractivity (Wildman–Crippen MR) is 68.0 cm³/mol. The minimum atomic E-state index is -0.310. The van der Waals surface area contributed by atoms with E-state index < -0.39 is 0 Å². The van der Waals surface area contributed by atoms with Crippen LogP contribution >= 0.6 is 0 Å². The Labute approximate surface area is 100 Å². The summed E-state index contributed by atoms with van der Waals surface area (Å²) in [7, 11) is 0. The Hall–Kier alpha value is -1.84. The van der Waals surface area contributed by atoms with E-state index in [9.17, 15) is 10.1 Å². The van der Waals surface area contributed by atoms with E-state index in [-0.39, 0.29) is 10.6 Å². The maximum absolute atomic E-state index is 11.0. The van der Waals surface area contributed by atoms with Gasteiger partial charge in [-0.1, -0.05) is 32.4 Å². The molecule has 0 aliphatic heterocycles. The fourth-order valence-electron chi connectivity index (χ4n) is 2.01. The molecule has 1 unspecified atom stereocenters. The molecule has 0 spiro atoms. The molecule has 17 heavy (non-hydrogen) atoms. The smallest absolute Gasteiger partial charge is 0.293 e. The molecule has 0 aliphatic carbocycles. The van der Waals surface area contributed by atoms with E-state index in [1.54, 1.807) is 12.1 Å². The number of fused-ring (bicyclic) bond motifs is 1. The maximum Gasteiger partial charge on any atom is 0.293 e. The third-order valence-corrected chi connectivity index (χ3v) is 3.17. The Balaban J connectivity index is 2.53. The number of rotatable bonds is 4. The van der Waals surface area contributed by atoms with Gasteiger partial charge in [0.25, 0.3) is 5.69 Å². The highest BCUT2D eigenvalue weighted by molar-refractivity contribution is 5.88. The van der Waals surface area contributed by atoms with E-state index in [1.807, 2.05) is 22.9 Å². The van der Waals surface area contributed by atoms with Gasteiger partial charge in [0, 0.05) is 24.2 Å². The van der Waals surface area contributed by atoms with Crippen molar-refractivity contribution >= 4 is 16.6 Å². The lowest BCUT2D eigenvalue weighted by molar-refractivity contribution is -0.383. The number of para-hydroxylation sites is 1. The summed E-state index contributed by atoms with van der Waals surface area (Å²) < 4.78 is 1.99. The van der Waals surface area contributed by atoms with Crippen LogP contribution in [0.3, 0.4) is 0 Å². The van der Waals surface area contributed by atoms with Crippen LogP contribution in [-0.2, 0) is 6.54 Å². The second-order valence-electron chi connectivity index (χ2n) is 4.45. The van der Waals surface area contributed by atoms with Crippen molar-refractivity contribution in [1.29, 1.82) is 0 Å². The van der Waals surface area contributed by atoms with Crippen molar-refractivity contribution in [2.75, 3.05) is 0 Å². The van der Waals surface area contributed by atoms with Crippen LogP contribution in [0.4, 0.5) is 5.69 Å². The first-order valence-corrected chi connectivity index (χ1v) is 5.85. The third-order valence-electron chi connectivity index (χ3n) is 3.17. The number of nitrogens with zero attached hydrogens (tertiary/aromatic N) is 2. The van der Waals surface area contributed by atoms with Crippen LogP contribution in [0, 0.1) is 16.0 Å². The van der Waals surface area contributed by atoms with E-state index in [0.717, 1.165) is 23.9 Å². The van der Waals surface area contributed by atoms with Crippen LogP contribution < -0.4 is 0 Å². The molecule has 4 nitrogen and oxygen atoms in total. The number of benzene rings is 1. The summed E-state index contributed by atoms with van der Waals surface area (Å²) in [5.41, 5.74) is 0.925. The van der Waals surface area contributed by atoms with Gasteiger partial charge in [-0.05, 0) is 12.0 Å². The highest BCUT2D eigenvalue weighted by Crippen LogP contribution is 2.27. The molecule has 1 heterocycles. The minimum absolute atomic E-state index is 0.191. The Morgan fingerprint density at radius 2 is 2.18 bits per heavy atom. The number of nitro groups is 1. The quantitative estimate of drug-likeness (QED) is 0.597. The summed E-state index contributed by atoms with van der Waals surface area (Å²) in [5.74, 6) is 0.519. The molecule has 0 aliphatic rings. The molecule has 90 valence electrons. The van der Waals surface area contributed by atoms with Gasteiger partial charge < -0.3 is 4.57 Å². The molecule has 2 aromatic rings. The standard InChI is InChI=1S/C13H16N2O2/c1-3-10(2)9-14-8-7-11-5-4-6-12(13(11)14)15(16)17/h4-8,10H,3,9H2,1-2H3. The van der Waals surface area contributed by atoms with Crippen LogP contribution in [0.2, 0.25) is 0 Å². The van der Waals surface area contributed by atoms with E-state index in [1.165, 1.54) is 0 Å². The lowest BCUT2D eigenvalue weighted by Crippen LogP contribution is -2.06. The van der Waals surface area contributed by atoms with Gasteiger partial charge in [0.2, 0.25) is 0 Å². The van der Waals surface area contributed by atoms with Gasteiger partial charge >= 0.3 is 0 Å². The van der Waals surface area contributed by atoms with Gasteiger partial charge in [0.05, 0.1) is 4.92 Å². The molecule has 1 aromatic carbocycles. The van der Waals surface area contributed by atoms with Crippen molar-refractivity contribution in [3.05, 3.63) is 40.6 Å². The fourth-order valence-corrected chi connectivity index (χ4v) is 2.01. The lowest BCUT2D eigenvalue weighted by Gasteiger charge is -2.11. The molecular formula is C13H16N2O2. The molecule has 0 saturated carbocycles. The van der Waals surface area contributed by atoms with Crippen LogP contribution in [0.5, 0.6) is 0 Å². The normalized spacial score (nSPS) is 12.8. The zero-order valence-electron chi connectivity index (χ0n) is 10.1. The lowest BCUT2D eigenvalue weighted by atomic mass is 10.1. The topological polar surface area (TPSA) is 48.1 Å². The molecule has 0 saturated heterocycles. The van der Waals surface area contributed by atoms with E-state index >= 15 is 0 Å². The number of hydrogen-bond acceptors (Lipinski definition) is 2. The van der Waals surface area contributed by atoms with Crippen LogP contribution in [-0.4, -0.2) is 9.49 Å². The zero-order valence-corrected chi connectivity index (χ0v) is 10.1. The summed E-state index contributed by atoms with van der Waals surface area (Å²) >= 11 is 0. The van der Waals surface area contributed by atoms with E-state index in [0.29, 0.717) is 5.92 Å². The Morgan fingerprint density at radius 3 is 2.82 bits per heavy atom. The number of nitro benzene ring substituents is 1. The molecule has 0 N–H and O–H groups in total. The predicted octanol–water partition coefficient (Wildman–Crippen LogP) is 3.60. The Kier molecular flexibility index (Phi) is 3.13. The first kappa shape index (κ1) is 11.6. The van der Waals surface area contributed by atoms with Gasteiger partial charge in [-0.15, -0.1) is 0 Å². The number of non-ortho nitro benzene ring substituents is 1. The largest absolute Gasteiger partial charge is 0.342 e. The highest BCUT2D eigenvalue weighted by atomic mass is 16.6. The average molecular weight is 232 g/mol. The molecule has 0 amide bonds. The molecule has 0 radical (unpaired) electrons. The minimum Gasteiger partial charge on any atom is -0.342 e. The summed E-state index contributed by atoms with van der Waals surface area (Å²) in [4.78, 5) is 10.7. The van der Waals surface area contributed by atoms with Crippen molar-refractivity contribution in [1.82, 2.24) is 4.57 Å². The number of hydrogen-bond donors (Lipinski definition) is 0. The molecular weight excluding hydrogens is 216 g/mol. The Morgan fingerprint density at radius 1 is 1.41 bits per heavy atom. The third kappa shape index (κ3) is 2.16. The van der Waals surface area contributed by atoms with Gasteiger partial charge in [-0.3, -0.25) is 10.1 Å². The SMILES string of the molecule is CCC(C)Cn1ccc2cccc([N+](=O)[O-])c21. The Bertz CT molecular complexity index is 545. The van der Waals surface area contributed by atoms with Crippen LogP contribution in [0.1, 0.15) is 20.3 Å². The highest BCUT2D eigenvalue weighted by Gasteiger charge is 2.15. The molecule has 2 rings (SSSR count). The molecule has 1 aromatic heterocycles.